The molecule has 0 unspecified atom stereocenters. The lowest BCUT2D eigenvalue weighted by molar-refractivity contribution is -0.0532. The maximum Gasteiger partial charge on any atom is 0.388 e. The minimum absolute atomic E-state index is 0.0646. The van der Waals surface area contributed by atoms with Gasteiger partial charge in [0.25, 0.3) is 0 Å². The van der Waals surface area contributed by atoms with Crippen molar-refractivity contribution >= 4 is 10.9 Å². The molecule has 0 saturated carbocycles. The van der Waals surface area contributed by atoms with E-state index in [2.05, 4.69) is 14.8 Å². The van der Waals surface area contributed by atoms with E-state index in [1.165, 1.54) is 0 Å². The van der Waals surface area contributed by atoms with Crippen LogP contribution in [0.25, 0.3) is 16.6 Å². The first-order valence-electron chi connectivity index (χ1n) is 8.76. The summed E-state index contributed by atoms with van der Waals surface area (Å²) in [7, 11) is 0. The molecule has 0 N–H and O–H groups in total. The van der Waals surface area contributed by atoms with Crippen LogP contribution in [0.1, 0.15) is 16.7 Å². The van der Waals surface area contributed by atoms with E-state index in [-0.39, 0.29) is 23.2 Å². The van der Waals surface area contributed by atoms with E-state index in [0.29, 0.717) is 11.1 Å². The number of pyridine rings is 1. The zero-order chi connectivity index (χ0) is 20.5. The van der Waals surface area contributed by atoms with Gasteiger partial charge in [-0.2, -0.15) is 13.9 Å². The first kappa shape index (κ1) is 18.8. The number of nitrogens with zero attached hydrogens (tertiary/aromatic N) is 3. The van der Waals surface area contributed by atoms with E-state index in [4.69, 9.17) is 0 Å². The lowest BCUT2D eigenvalue weighted by atomic mass is 9.97. The van der Waals surface area contributed by atoms with E-state index >= 15 is 0 Å². The summed E-state index contributed by atoms with van der Waals surface area (Å²) in [6.07, 6.45) is 3.64. The van der Waals surface area contributed by atoms with Gasteiger partial charge in [0.15, 0.2) is 5.75 Å². The van der Waals surface area contributed by atoms with Crippen molar-refractivity contribution in [1.82, 2.24) is 14.8 Å². The van der Waals surface area contributed by atoms with Gasteiger partial charge in [0.1, 0.15) is 11.3 Å². The van der Waals surface area contributed by atoms with Crippen molar-refractivity contribution in [3.05, 3.63) is 77.4 Å². The maximum absolute atomic E-state index is 14.1. The molecule has 29 heavy (non-hydrogen) atoms. The van der Waals surface area contributed by atoms with E-state index in [9.17, 15) is 18.3 Å². The van der Waals surface area contributed by atoms with Crippen LogP contribution in [0.4, 0.5) is 13.2 Å². The third kappa shape index (κ3) is 3.61. The van der Waals surface area contributed by atoms with Crippen LogP contribution >= 0.6 is 0 Å². The second kappa shape index (κ2) is 7.46. The molecule has 5 nitrogen and oxygen atoms in total. The Hall–Kier alpha value is -3.55. The van der Waals surface area contributed by atoms with E-state index in [0.717, 1.165) is 23.4 Å². The van der Waals surface area contributed by atoms with Crippen molar-refractivity contribution < 1.29 is 23.0 Å². The molecule has 0 spiro atoms. The summed E-state index contributed by atoms with van der Waals surface area (Å²) in [6, 6.07) is 11.2. The molecule has 8 heteroatoms. The number of aryl methyl sites for hydroxylation is 1. The maximum atomic E-state index is 14.1. The summed E-state index contributed by atoms with van der Waals surface area (Å²) in [5.41, 5.74) is 2.02. The number of hydrogen-bond acceptors (Lipinski definition) is 3. The van der Waals surface area contributed by atoms with E-state index in [1.54, 1.807) is 30.1 Å². The van der Waals surface area contributed by atoms with Gasteiger partial charge in [-0.25, -0.2) is 14.1 Å². The standard InChI is InChI=1S/C21H15F3N3O2/c1-12-15(11-13-3-5-14(6-4-13)27-10-2-9-25-27)20(29-21(23)24)26-19-16(22)7-8-17(28)18(12)19/h2-10,21H,11H2,1H3. The van der Waals surface area contributed by atoms with Gasteiger partial charge in [0.2, 0.25) is 5.88 Å². The molecule has 0 amide bonds. The van der Waals surface area contributed by atoms with Gasteiger partial charge in [-0.1, -0.05) is 12.1 Å². The van der Waals surface area contributed by atoms with Crippen LogP contribution in [0.15, 0.2) is 54.9 Å². The van der Waals surface area contributed by atoms with Gasteiger partial charge in [-0.3, -0.25) is 5.11 Å². The lowest BCUT2D eigenvalue weighted by Crippen LogP contribution is -2.09. The van der Waals surface area contributed by atoms with Crippen molar-refractivity contribution in [3.63, 3.8) is 0 Å². The fraction of sp³-hybridized carbons (Fsp3) is 0.143. The number of benzene rings is 2. The number of hydrogen-bond donors (Lipinski definition) is 0. The predicted octanol–water partition coefficient (Wildman–Crippen LogP) is 5.20. The van der Waals surface area contributed by atoms with Gasteiger partial charge in [0.05, 0.1) is 11.1 Å². The number of alkyl halides is 2. The number of halogens is 3. The average Bonchev–Trinajstić information content (AvgIpc) is 3.22. The topological polar surface area (TPSA) is 59.8 Å². The monoisotopic (exact) mass is 398 g/mol. The minimum atomic E-state index is -3.13. The van der Waals surface area contributed by atoms with Crippen LogP contribution in [-0.2, 0) is 11.5 Å². The summed E-state index contributed by atoms with van der Waals surface area (Å²) in [4.78, 5) is 3.90. The van der Waals surface area contributed by atoms with Crippen LogP contribution in [-0.4, -0.2) is 21.4 Å². The molecule has 0 fully saturated rings. The van der Waals surface area contributed by atoms with Gasteiger partial charge < -0.3 is 4.74 Å². The number of rotatable bonds is 5. The number of ether oxygens (including phenoxy) is 1. The van der Waals surface area contributed by atoms with Crippen molar-refractivity contribution in [1.29, 1.82) is 0 Å². The zero-order valence-electron chi connectivity index (χ0n) is 15.3. The third-order valence-electron chi connectivity index (χ3n) is 4.68. The Kier molecular flexibility index (Phi) is 4.84. The molecule has 0 atom stereocenters. The minimum Gasteiger partial charge on any atom is -0.417 e. The highest BCUT2D eigenvalue weighted by molar-refractivity contribution is 5.90. The van der Waals surface area contributed by atoms with Gasteiger partial charge in [-0.05, 0) is 48.4 Å². The molecule has 147 valence electrons. The third-order valence-corrected chi connectivity index (χ3v) is 4.68. The Labute approximate surface area is 164 Å². The molecule has 2 aromatic carbocycles. The van der Waals surface area contributed by atoms with Crippen LogP contribution in [0.3, 0.4) is 0 Å². The second-order valence-corrected chi connectivity index (χ2v) is 6.46. The Bertz CT molecular complexity index is 1160. The highest BCUT2D eigenvalue weighted by Crippen LogP contribution is 2.36. The number of fused-ring (bicyclic) bond motifs is 1. The van der Waals surface area contributed by atoms with Crippen molar-refractivity contribution in [3.8, 4) is 17.3 Å². The largest absolute Gasteiger partial charge is 0.417 e. The molecule has 1 radical (unpaired) electrons. The average molecular weight is 398 g/mol. The van der Waals surface area contributed by atoms with Crippen LogP contribution in [0, 0.1) is 12.7 Å². The molecule has 0 aliphatic rings. The predicted molar refractivity (Wildman–Crippen MR) is 99.6 cm³/mol. The van der Waals surface area contributed by atoms with Gasteiger partial charge in [-0.15, -0.1) is 0 Å². The second-order valence-electron chi connectivity index (χ2n) is 6.46. The molecule has 0 saturated heterocycles. The van der Waals surface area contributed by atoms with E-state index in [1.807, 2.05) is 24.3 Å². The lowest BCUT2D eigenvalue weighted by Gasteiger charge is -2.16. The molecule has 0 bridgehead atoms. The SMILES string of the molecule is Cc1c(Cc2ccc(-n3cccn3)cc2)c(OC(F)F)nc2c(F)ccc([O])c12. The summed E-state index contributed by atoms with van der Waals surface area (Å²) in [5.74, 6) is -1.58. The van der Waals surface area contributed by atoms with Crippen molar-refractivity contribution in [2.45, 2.75) is 20.0 Å². The first-order chi connectivity index (χ1) is 13.9. The normalized spacial score (nSPS) is 11.3. The van der Waals surface area contributed by atoms with Gasteiger partial charge >= 0.3 is 6.61 Å². The Morgan fingerprint density at radius 3 is 2.55 bits per heavy atom. The molecule has 0 aliphatic carbocycles. The summed E-state index contributed by atoms with van der Waals surface area (Å²) in [5, 5.41) is 16.5. The highest BCUT2D eigenvalue weighted by atomic mass is 19.3. The first-order valence-corrected chi connectivity index (χ1v) is 8.76. The van der Waals surface area contributed by atoms with Crippen LogP contribution in [0.5, 0.6) is 11.6 Å². The smallest absolute Gasteiger partial charge is 0.388 e. The Balaban J connectivity index is 1.79. The molecule has 0 aliphatic heterocycles. The Morgan fingerprint density at radius 2 is 1.90 bits per heavy atom. The van der Waals surface area contributed by atoms with Crippen molar-refractivity contribution in [2.75, 3.05) is 0 Å². The molecule has 2 heterocycles. The molecule has 4 aromatic rings. The highest BCUT2D eigenvalue weighted by Gasteiger charge is 2.21. The molecular weight excluding hydrogens is 383 g/mol. The van der Waals surface area contributed by atoms with Crippen LogP contribution < -0.4 is 4.74 Å². The fourth-order valence-corrected chi connectivity index (χ4v) is 3.28. The van der Waals surface area contributed by atoms with Gasteiger partial charge in [0, 0.05) is 24.4 Å². The zero-order valence-corrected chi connectivity index (χ0v) is 15.3. The number of aromatic nitrogens is 3. The summed E-state index contributed by atoms with van der Waals surface area (Å²) in [6.45, 7) is -1.55. The van der Waals surface area contributed by atoms with Crippen LogP contribution in [0.2, 0.25) is 0 Å². The van der Waals surface area contributed by atoms with E-state index < -0.39 is 18.2 Å². The quantitative estimate of drug-likeness (QED) is 0.464. The Morgan fingerprint density at radius 1 is 1.14 bits per heavy atom. The molecule has 2 aromatic heterocycles. The van der Waals surface area contributed by atoms with Crippen molar-refractivity contribution in [2.24, 2.45) is 0 Å². The fourth-order valence-electron chi connectivity index (χ4n) is 3.28. The molecular formula is C21H15F3N3O2. The summed E-state index contributed by atoms with van der Waals surface area (Å²) >= 11 is 0. The molecule has 4 rings (SSSR count). The summed E-state index contributed by atoms with van der Waals surface area (Å²) < 4.78 is 46.3.